The molecule has 0 aliphatic heterocycles. The summed E-state index contributed by atoms with van der Waals surface area (Å²) in [7, 11) is 3.90. The molecule has 1 atom stereocenters. The highest BCUT2D eigenvalue weighted by molar-refractivity contribution is 9.11. The maximum Gasteiger partial charge on any atom is 0.138 e. The number of benzene rings is 1. The van der Waals surface area contributed by atoms with Crippen molar-refractivity contribution in [2.45, 2.75) is 26.0 Å². The lowest BCUT2D eigenvalue weighted by molar-refractivity contribution is 0.0335. The Balaban J connectivity index is 2.70. The molecule has 1 rings (SSSR count). The monoisotopic (exact) mass is 422 g/mol. The third-order valence-corrected chi connectivity index (χ3v) is 3.90. The maximum atomic E-state index is 10.3. The van der Waals surface area contributed by atoms with Crippen molar-refractivity contribution >= 4 is 31.9 Å². The van der Waals surface area contributed by atoms with E-state index in [0.29, 0.717) is 26.2 Å². The molecule has 2 N–H and O–H groups in total. The first-order chi connectivity index (χ1) is 9.75. The number of halogens is 2. The van der Waals surface area contributed by atoms with Crippen LogP contribution in [0.5, 0.6) is 5.75 Å². The van der Waals surface area contributed by atoms with Crippen molar-refractivity contribution in [2.24, 2.45) is 0 Å². The van der Waals surface area contributed by atoms with Crippen LogP contribution in [0.3, 0.4) is 0 Å². The second-order valence-electron chi connectivity index (χ2n) is 5.65. The van der Waals surface area contributed by atoms with Gasteiger partial charge in [-0.25, -0.2) is 0 Å². The highest BCUT2D eigenvalue weighted by Crippen LogP contribution is 2.33. The number of ether oxygens (including phenoxy) is 1. The molecule has 0 bridgehead atoms. The number of hydrogen-bond donors (Lipinski definition) is 2. The molecule has 0 aromatic heterocycles. The highest BCUT2D eigenvalue weighted by atomic mass is 79.9. The van der Waals surface area contributed by atoms with Gasteiger partial charge in [0, 0.05) is 29.7 Å². The number of aliphatic hydroxyl groups is 1. The van der Waals surface area contributed by atoms with E-state index in [9.17, 15) is 5.11 Å². The van der Waals surface area contributed by atoms with Crippen molar-refractivity contribution in [1.29, 1.82) is 0 Å². The molecular formula is C15H24Br2N2O2. The molecule has 1 aromatic carbocycles. The summed E-state index contributed by atoms with van der Waals surface area (Å²) in [6.45, 7) is 6.18. The van der Waals surface area contributed by atoms with Crippen LogP contribution in [0.25, 0.3) is 0 Å². The number of hydrogen-bond acceptors (Lipinski definition) is 4. The summed E-state index contributed by atoms with van der Waals surface area (Å²) in [4.78, 5) is 1.98. The van der Waals surface area contributed by atoms with Gasteiger partial charge in [0.2, 0.25) is 0 Å². The molecule has 0 amide bonds. The zero-order valence-electron chi connectivity index (χ0n) is 13.0. The van der Waals surface area contributed by atoms with Crippen molar-refractivity contribution in [3.05, 3.63) is 26.6 Å². The Morgan fingerprint density at radius 3 is 2.57 bits per heavy atom. The Labute approximate surface area is 144 Å². The van der Waals surface area contributed by atoms with Crippen molar-refractivity contribution in [1.82, 2.24) is 10.2 Å². The van der Waals surface area contributed by atoms with E-state index in [4.69, 9.17) is 4.74 Å². The topological polar surface area (TPSA) is 44.7 Å². The van der Waals surface area contributed by atoms with Gasteiger partial charge in [-0.15, -0.1) is 0 Å². The van der Waals surface area contributed by atoms with Crippen LogP contribution < -0.4 is 10.1 Å². The van der Waals surface area contributed by atoms with Crippen LogP contribution in [0.4, 0.5) is 0 Å². The molecule has 0 radical (unpaired) electrons. The van der Waals surface area contributed by atoms with Gasteiger partial charge in [-0.1, -0.05) is 15.9 Å². The lowest BCUT2D eigenvalue weighted by atomic mass is 10.1. The maximum absolute atomic E-state index is 10.3. The van der Waals surface area contributed by atoms with Gasteiger partial charge >= 0.3 is 0 Å². The van der Waals surface area contributed by atoms with Gasteiger partial charge in [-0.2, -0.15) is 0 Å². The average molecular weight is 424 g/mol. The van der Waals surface area contributed by atoms with Crippen molar-refractivity contribution in [3.63, 3.8) is 0 Å². The van der Waals surface area contributed by atoms with E-state index in [0.717, 1.165) is 20.3 Å². The second kappa shape index (κ2) is 8.48. The lowest BCUT2D eigenvalue weighted by Crippen LogP contribution is -2.45. The summed E-state index contributed by atoms with van der Waals surface area (Å²) in [6.07, 6.45) is 0. The number of nitrogens with one attached hydrogen (secondary N) is 1. The van der Waals surface area contributed by atoms with Gasteiger partial charge in [0.25, 0.3) is 0 Å². The first-order valence-corrected chi connectivity index (χ1v) is 8.52. The van der Waals surface area contributed by atoms with Crippen molar-refractivity contribution in [2.75, 3.05) is 33.8 Å². The van der Waals surface area contributed by atoms with Gasteiger partial charge < -0.3 is 20.1 Å². The predicted molar refractivity (Wildman–Crippen MR) is 93.9 cm³/mol. The molecule has 1 unspecified atom stereocenters. The molecular weight excluding hydrogens is 400 g/mol. The Bertz CT molecular complexity index is 465. The van der Waals surface area contributed by atoms with Crippen LogP contribution in [0.2, 0.25) is 0 Å². The largest absolute Gasteiger partial charge is 0.492 e. The van der Waals surface area contributed by atoms with E-state index in [1.807, 2.05) is 45.0 Å². The molecule has 1 aromatic rings. The Morgan fingerprint density at radius 2 is 2.00 bits per heavy atom. The summed E-state index contributed by atoms with van der Waals surface area (Å²) in [6, 6.07) is 4.00. The first-order valence-electron chi connectivity index (χ1n) is 6.93. The smallest absolute Gasteiger partial charge is 0.138 e. The van der Waals surface area contributed by atoms with Gasteiger partial charge in [0.05, 0.1) is 16.7 Å². The van der Waals surface area contributed by atoms with Crippen LogP contribution in [0.15, 0.2) is 21.1 Å². The van der Waals surface area contributed by atoms with E-state index in [1.54, 1.807) is 0 Å². The van der Waals surface area contributed by atoms with Crippen molar-refractivity contribution < 1.29 is 9.84 Å². The number of rotatable bonds is 8. The average Bonchev–Trinajstić information content (AvgIpc) is 2.31. The predicted octanol–water partition coefficient (Wildman–Crippen LogP) is 3.01. The van der Waals surface area contributed by atoms with Crippen LogP contribution in [0.1, 0.15) is 19.4 Å². The summed E-state index contributed by atoms with van der Waals surface area (Å²) < 4.78 is 7.61. The van der Waals surface area contributed by atoms with E-state index in [-0.39, 0.29) is 0 Å². The standard InChI is InChI=1S/C15H24Br2N2O2/c1-5-21-14-11(6-12(16)7-13(14)17)8-18-9-15(2,20)10-19(3)4/h6-7,18,20H,5,8-10H2,1-4H3. The summed E-state index contributed by atoms with van der Waals surface area (Å²) in [5, 5.41) is 13.6. The fraction of sp³-hybridized carbons (Fsp3) is 0.600. The quantitative estimate of drug-likeness (QED) is 0.674. The van der Waals surface area contributed by atoms with Crippen LogP contribution in [0, 0.1) is 0 Å². The fourth-order valence-electron chi connectivity index (χ4n) is 2.25. The first kappa shape index (κ1) is 18.9. The number of likely N-dealkylation sites (N-methyl/N-ethyl adjacent to an activating group) is 1. The van der Waals surface area contributed by atoms with Crippen LogP contribution >= 0.6 is 31.9 Å². The van der Waals surface area contributed by atoms with Gasteiger partial charge in [0.1, 0.15) is 5.75 Å². The summed E-state index contributed by atoms with van der Waals surface area (Å²) in [5.41, 5.74) is 0.289. The SMILES string of the molecule is CCOc1c(Br)cc(Br)cc1CNCC(C)(O)CN(C)C. The summed E-state index contributed by atoms with van der Waals surface area (Å²) in [5.74, 6) is 0.848. The molecule has 0 aliphatic rings. The summed E-state index contributed by atoms with van der Waals surface area (Å²) >= 11 is 7.02. The molecule has 0 saturated carbocycles. The zero-order valence-corrected chi connectivity index (χ0v) is 16.2. The minimum Gasteiger partial charge on any atom is -0.492 e. The Hall–Kier alpha value is -0.140. The molecule has 6 heteroatoms. The van der Waals surface area contributed by atoms with Gasteiger partial charge in [0.15, 0.2) is 0 Å². The second-order valence-corrected chi connectivity index (χ2v) is 7.42. The third-order valence-electron chi connectivity index (χ3n) is 2.85. The molecule has 0 saturated heterocycles. The fourth-order valence-corrected chi connectivity index (χ4v) is 3.68. The molecule has 21 heavy (non-hydrogen) atoms. The third kappa shape index (κ3) is 6.65. The molecule has 0 spiro atoms. The molecule has 0 fully saturated rings. The number of nitrogens with zero attached hydrogens (tertiary/aromatic N) is 1. The normalized spacial score (nSPS) is 14.3. The molecule has 120 valence electrons. The van der Waals surface area contributed by atoms with E-state index in [1.165, 1.54) is 0 Å². The Kier molecular flexibility index (Phi) is 7.64. The van der Waals surface area contributed by atoms with E-state index in [2.05, 4.69) is 37.2 Å². The highest BCUT2D eigenvalue weighted by Gasteiger charge is 2.21. The minimum absolute atomic E-state index is 0.515. The Morgan fingerprint density at radius 1 is 1.33 bits per heavy atom. The lowest BCUT2D eigenvalue weighted by Gasteiger charge is -2.27. The van der Waals surface area contributed by atoms with Crippen LogP contribution in [-0.2, 0) is 6.54 Å². The minimum atomic E-state index is -0.765. The van der Waals surface area contributed by atoms with E-state index < -0.39 is 5.60 Å². The molecule has 0 heterocycles. The van der Waals surface area contributed by atoms with Gasteiger partial charge in [-0.05, 0) is 56.0 Å². The molecule has 0 aliphatic carbocycles. The van der Waals surface area contributed by atoms with Gasteiger partial charge in [-0.3, -0.25) is 0 Å². The van der Waals surface area contributed by atoms with Crippen LogP contribution in [-0.4, -0.2) is 49.4 Å². The van der Waals surface area contributed by atoms with E-state index >= 15 is 0 Å². The zero-order chi connectivity index (χ0) is 16.0. The molecule has 4 nitrogen and oxygen atoms in total. The van der Waals surface area contributed by atoms with Crippen molar-refractivity contribution in [3.8, 4) is 5.75 Å².